The van der Waals surface area contributed by atoms with E-state index in [0.717, 1.165) is 16.8 Å². The summed E-state index contributed by atoms with van der Waals surface area (Å²) in [5.74, 6) is -4.58. The Morgan fingerprint density at radius 2 is 1.76 bits per heavy atom. The number of halogens is 3. The Hall–Kier alpha value is -4.02. The van der Waals surface area contributed by atoms with Crippen molar-refractivity contribution in [1.29, 1.82) is 0 Å². The molecule has 0 bridgehead atoms. The molecule has 2 aromatic heterocycles. The van der Waals surface area contributed by atoms with Crippen molar-refractivity contribution in [2.24, 2.45) is 0 Å². The van der Waals surface area contributed by atoms with Crippen LogP contribution in [0.5, 0.6) is 0 Å². The molecule has 2 aliphatic heterocycles. The third-order valence-corrected chi connectivity index (χ3v) is 7.90. The summed E-state index contributed by atoms with van der Waals surface area (Å²) < 4.78 is 65.1. The van der Waals surface area contributed by atoms with Crippen LogP contribution in [0.3, 0.4) is 0 Å². The van der Waals surface area contributed by atoms with Crippen molar-refractivity contribution in [3.63, 3.8) is 0 Å². The maximum atomic E-state index is 13.9. The Balaban J connectivity index is 1.34. The normalized spacial score (nSPS) is 24.2. The first kappa shape index (κ1) is 33.3. The van der Waals surface area contributed by atoms with Crippen molar-refractivity contribution >= 4 is 12.1 Å². The Bertz CT molecular complexity index is 1530. The predicted molar refractivity (Wildman–Crippen MR) is 152 cm³/mol. The van der Waals surface area contributed by atoms with Crippen LogP contribution in [-0.2, 0) is 25.4 Å². The molecule has 0 unspecified atom stereocenters. The lowest BCUT2D eigenvalue weighted by atomic mass is 9.89. The van der Waals surface area contributed by atoms with Gasteiger partial charge in [-0.2, -0.15) is 0 Å². The van der Waals surface area contributed by atoms with Gasteiger partial charge in [-0.15, -0.1) is 5.10 Å². The summed E-state index contributed by atoms with van der Waals surface area (Å²) in [6.45, 7) is 6.95. The molecule has 16 heteroatoms. The van der Waals surface area contributed by atoms with Crippen LogP contribution >= 0.6 is 0 Å². The third kappa shape index (κ3) is 7.34. The maximum absolute atomic E-state index is 13.9. The fourth-order valence-corrected chi connectivity index (χ4v) is 5.73. The molecule has 4 heterocycles. The topological polar surface area (TPSA) is 162 Å². The minimum absolute atomic E-state index is 0.00839. The highest BCUT2D eigenvalue weighted by Crippen LogP contribution is 2.36. The number of aliphatic hydroxyl groups excluding tert-OH is 2. The number of benzene rings is 1. The molecular weight excluding hydrogens is 615 g/mol. The highest BCUT2D eigenvalue weighted by molar-refractivity contribution is 5.68. The maximum Gasteiger partial charge on any atom is 0.410 e. The summed E-state index contributed by atoms with van der Waals surface area (Å²) in [6.07, 6.45) is -2.54. The summed E-state index contributed by atoms with van der Waals surface area (Å²) in [5, 5.41) is 33.2. The van der Waals surface area contributed by atoms with Crippen LogP contribution in [0.2, 0.25) is 0 Å². The van der Waals surface area contributed by atoms with Crippen molar-refractivity contribution in [1.82, 2.24) is 25.1 Å². The molecule has 2 N–H and O–H groups in total. The standard InChI is InChI=1S/C30H36F3N5O8/c1-15(40)43-28-23(12-18-11-22(46-35-18)16-5-7-37(8-6-16)29(42)45-30(2,3)4)44-24(14-39)27(41)26(28)38-13-21(34-36-38)17-9-19(31)25(33)20(32)10-17/h9-11,13,16,23-24,26-28,39,41H,5-8,12,14H2,1-4H3/t23-,24-,26+,27+,28+/m1/s1. The number of carbonyl (C=O) groups is 2. The smallest absolute Gasteiger partial charge is 0.410 e. The van der Waals surface area contributed by atoms with Crippen LogP contribution in [0.15, 0.2) is 28.9 Å². The molecular formula is C30H36F3N5O8. The summed E-state index contributed by atoms with van der Waals surface area (Å²) in [5.41, 5.74) is -0.305. The number of esters is 1. The van der Waals surface area contributed by atoms with Gasteiger partial charge in [-0.3, -0.25) is 4.79 Å². The van der Waals surface area contributed by atoms with Crippen LogP contribution in [0.25, 0.3) is 11.3 Å². The van der Waals surface area contributed by atoms with Crippen LogP contribution in [0.1, 0.15) is 64.0 Å². The van der Waals surface area contributed by atoms with Crippen molar-refractivity contribution in [3.8, 4) is 11.3 Å². The van der Waals surface area contributed by atoms with E-state index >= 15 is 0 Å². The number of piperidine rings is 1. The first-order valence-electron chi connectivity index (χ1n) is 14.9. The molecule has 0 spiro atoms. The van der Waals surface area contributed by atoms with Gasteiger partial charge in [0.15, 0.2) is 23.6 Å². The number of rotatable bonds is 7. The minimum atomic E-state index is -1.64. The number of likely N-dealkylation sites (tertiary alicyclic amines) is 1. The number of aromatic nitrogens is 4. The van der Waals surface area contributed by atoms with E-state index in [4.69, 9.17) is 18.7 Å². The molecule has 13 nitrogen and oxygen atoms in total. The molecule has 0 aliphatic carbocycles. The van der Waals surface area contributed by atoms with E-state index in [9.17, 15) is 33.0 Å². The zero-order valence-corrected chi connectivity index (χ0v) is 25.7. The van der Waals surface area contributed by atoms with Crippen molar-refractivity contribution in [2.75, 3.05) is 19.7 Å². The Morgan fingerprint density at radius 3 is 2.37 bits per heavy atom. The van der Waals surface area contributed by atoms with Crippen molar-refractivity contribution < 1.29 is 51.7 Å². The highest BCUT2D eigenvalue weighted by atomic mass is 19.2. The van der Waals surface area contributed by atoms with Gasteiger partial charge in [0.2, 0.25) is 0 Å². The first-order valence-corrected chi connectivity index (χ1v) is 14.9. The summed E-state index contributed by atoms with van der Waals surface area (Å²) in [6, 6.07) is 2.10. The largest absolute Gasteiger partial charge is 0.457 e. The van der Waals surface area contributed by atoms with Gasteiger partial charge >= 0.3 is 12.1 Å². The first-order chi connectivity index (χ1) is 21.7. The quantitative estimate of drug-likeness (QED) is 0.285. The molecule has 3 aromatic rings. The van der Waals surface area contributed by atoms with Gasteiger partial charge in [0.25, 0.3) is 0 Å². The summed E-state index contributed by atoms with van der Waals surface area (Å²) in [7, 11) is 0. The van der Waals surface area contributed by atoms with Gasteiger partial charge < -0.3 is 33.8 Å². The van der Waals surface area contributed by atoms with Gasteiger partial charge in [0.1, 0.15) is 41.4 Å². The molecule has 5 atom stereocenters. The SMILES string of the molecule is CC(=O)O[C@@H]1[C@@H](n2cc(-c3cc(F)c(F)c(F)c3)nn2)[C@@H](O)[C@@H](CO)O[C@@H]1Cc1cc(C2CCN(C(=O)OC(C)(C)C)CC2)on1. The number of hydrogen-bond acceptors (Lipinski definition) is 11. The molecule has 5 rings (SSSR count). The number of hydrogen-bond donors (Lipinski definition) is 2. The van der Waals surface area contributed by atoms with E-state index in [1.807, 2.05) is 20.8 Å². The Labute approximate surface area is 262 Å². The average Bonchev–Trinajstić information content (AvgIpc) is 3.66. The second-order valence-corrected chi connectivity index (χ2v) is 12.5. The monoisotopic (exact) mass is 651 g/mol. The van der Waals surface area contributed by atoms with Crippen LogP contribution in [0, 0.1) is 17.5 Å². The minimum Gasteiger partial charge on any atom is -0.457 e. The van der Waals surface area contributed by atoms with Crippen LogP contribution in [0.4, 0.5) is 18.0 Å². The average molecular weight is 652 g/mol. The molecule has 1 amide bonds. The summed E-state index contributed by atoms with van der Waals surface area (Å²) in [4.78, 5) is 26.3. The number of amides is 1. The second kappa shape index (κ2) is 13.4. The zero-order chi connectivity index (χ0) is 33.3. The Morgan fingerprint density at radius 1 is 1.09 bits per heavy atom. The fraction of sp³-hybridized carbons (Fsp3) is 0.567. The van der Waals surface area contributed by atoms with E-state index in [2.05, 4.69) is 15.5 Å². The number of nitrogens with zero attached hydrogens (tertiary/aromatic N) is 5. The van der Waals surface area contributed by atoms with Gasteiger partial charge in [0.05, 0.1) is 18.5 Å². The molecule has 2 aliphatic rings. The fourth-order valence-electron chi connectivity index (χ4n) is 5.73. The molecule has 1 aromatic carbocycles. The van der Waals surface area contributed by atoms with Gasteiger partial charge in [-0.1, -0.05) is 10.4 Å². The molecule has 46 heavy (non-hydrogen) atoms. The lowest BCUT2D eigenvalue weighted by molar-refractivity contribution is -0.217. The second-order valence-electron chi connectivity index (χ2n) is 12.5. The van der Waals surface area contributed by atoms with E-state index in [0.29, 0.717) is 37.4 Å². The molecule has 2 saturated heterocycles. The zero-order valence-electron chi connectivity index (χ0n) is 25.7. The van der Waals surface area contributed by atoms with Crippen LogP contribution < -0.4 is 0 Å². The highest BCUT2D eigenvalue weighted by Gasteiger charge is 2.49. The number of aliphatic hydroxyl groups is 2. The molecule has 0 radical (unpaired) electrons. The van der Waals surface area contributed by atoms with E-state index < -0.39 is 66.1 Å². The van der Waals surface area contributed by atoms with Crippen molar-refractivity contribution in [2.45, 2.75) is 88.9 Å². The molecule has 2 fully saturated rings. The molecule has 0 saturated carbocycles. The van der Waals surface area contributed by atoms with Gasteiger partial charge in [0, 0.05) is 44.0 Å². The molecule has 250 valence electrons. The van der Waals surface area contributed by atoms with Crippen LogP contribution in [-0.4, -0.2) is 97.0 Å². The van der Waals surface area contributed by atoms with E-state index in [1.165, 1.54) is 13.1 Å². The lowest BCUT2D eigenvalue weighted by Gasteiger charge is -2.43. The third-order valence-electron chi connectivity index (χ3n) is 7.90. The van der Waals surface area contributed by atoms with E-state index in [-0.39, 0.29) is 29.7 Å². The number of carbonyl (C=O) groups excluding carboxylic acids is 2. The lowest BCUT2D eigenvalue weighted by Crippen LogP contribution is -2.57. The van der Waals surface area contributed by atoms with Crippen molar-refractivity contribution in [3.05, 3.63) is 53.3 Å². The van der Waals surface area contributed by atoms with Gasteiger partial charge in [-0.05, 0) is 45.7 Å². The number of ether oxygens (including phenoxy) is 3. The van der Waals surface area contributed by atoms with Gasteiger partial charge in [-0.25, -0.2) is 22.6 Å². The predicted octanol–water partition coefficient (Wildman–Crippen LogP) is 3.30. The summed E-state index contributed by atoms with van der Waals surface area (Å²) >= 11 is 0. The Kier molecular flexibility index (Phi) is 9.70. The van der Waals surface area contributed by atoms with E-state index in [1.54, 1.807) is 11.0 Å².